The Morgan fingerprint density at radius 2 is 2.05 bits per heavy atom. The van der Waals surface area contributed by atoms with Gasteiger partial charge in [0.05, 0.1) is 23.9 Å². The number of nitrogens with zero attached hydrogens (tertiary/aromatic N) is 3. The highest BCUT2D eigenvalue weighted by atomic mass is 32.1. The molecule has 0 radical (unpaired) electrons. The van der Waals surface area contributed by atoms with E-state index in [1.54, 1.807) is 11.3 Å². The lowest BCUT2D eigenvalue weighted by Gasteiger charge is -2.06. The summed E-state index contributed by atoms with van der Waals surface area (Å²) in [6, 6.07) is 12.4. The number of hydrogen-bond acceptors (Lipinski definition) is 3. The predicted octanol–water partition coefficient (Wildman–Crippen LogP) is 4.46. The van der Waals surface area contributed by atoms with Crippen LogP contribution in [0.1, 0.15) is 27.4 Å². The molecule has 0 aliphatic heterocycles. The maximum Gasteiger partial charge on any atom is 0.0994 e. The molecule has 0 aliphatic rings. The Hall–Kier alpha value is -2.38. The summed E-state index contributed by atoms with van der Waals surface area (Å²) in [7, 11) is 0. The quantitative estimate of drug-likeness (QED) is 0.717. The summed E-state index contributed by atoms with van der Waals surface area (Å²) >= 11 is 1.75. The van der Waals surface area contributed by atoms with Crippen molar-refractivity contribution in [3.63, 3.8) is 0 Å². The SMILES string of the molecule is Cc1cc(-c2c(C)nn(Cc3cccs3)c2C)ccc1C#N. The average Bonchev–Trinajstić information content (AvgIpc) is 3.08. The zero-order chi connectivity index (χ0) is 15.7. The Balaban J connectivity index is 2.03. The van der Waals surface area contributed by atoms with Crippen molar-refractivity contribution >= 4 is 11.3 Å². The number of thiophene rings is 1. The molecule has 1 aromatic carbocycles. The van der Waals surface area contributed by atoms with Gasteiger partial charge in [0.1, 0.15) is 0 Å². The molecule has 0 atom stereocenters. The van der Waals surface area contributed by atoms with Crippen molar-refractivity contribution in [2.45, 2.75) is 27.3 Å². The Labute approximate surface area is 134 Å². The van der Waals surface area contributed by atoms with Crippen LogP contribution >= 0.6 is 11.3 Å². The minimum absolute atomic E-state index is 0.727. The van der Waals surface area contributed by atoms with Gasteiger partial charge < -0.3 is 0 Å². The molecule has 0 amide bonds. The average molecular weight is 307 g/mol. The molecule has 0 N–H and O–H groups in total. The maximum atomic E-state index is 9.07. The van der Waals surface area contributed by atoms with Crippen molar-refractivity contribution < 1.29 is 0 Å². The minimum Gasteiger partial charge on any atom is -0.264 e. The van der Waals surface area contributed by atoms with E-state index in [0.29, 0.717) is 0 Å². The van der Waals surface area contributed by atoms with E-state index in [1.165, 1.54) is 10.4 Å². The molecule has 3 aromatic rings. The summed E-state index contributed by atoms with van der Waals surface area (Å²) in [5.74, 6) is 0. The van der Waals surface area contributed by atoms with Gasteiger partial charge in [-0.05, 0) is 55.5 Å². The number of aryl methyl sites for hydroxylation is 2. The third kappa shape index (κ3) is 2.56. The lowest BCUT2D eigenvalue weighted by atomic mass is 9.99. The lowest BCUT2D eigenvalue weighted by molar-refractivity contribution is 0.666. The van der Waals surface area contributed by atoms with Gasteiger partial charge in [0.15, 0.2) is 0 Å². The van der Waals surface area contributed by atoms with Crippen molar-refractivity contribution in [2.24, 2.45) is 0 Å². The predicted molar refractivity (Wildman–Crippen MR) is 90.0 cm³/mol. The number of nitriles is 1. The number of benzene rings is 1. The van der Waals surface area contributed by atoms with Crippen molar-refractivity contribution in [3.8, 4) is 17.2 Å². The van der Waals surface area contributed by atoms with Gasteiger partial charge in [-0.25, -0.2) is 0 Å². The molecule has 2 heterocycles. The topological polar surface area (TPSA) is 41.6 Å². The molecular formula is C18H17N3S. The van der Waals surface area contributed by atoms with Crippen LogP contribution in [0.4, 0.5) is 0 Å². The summed E-state index contributed by atoms with van der Waals surface area (Å²) in [6.45, 7) is 6.93. The van der Waals surface area contributed by atoms with Crippen LogP contribution in [0, 0.1) is 32.1 Å². The Bertz CT molecular complexity index is 851. The van der Waals surface area contributed by atoms with Crippen LogP contribution in [0.15, 0.2) is 35.7 Å². The molecule has 0 bridgehead atoms. The van der Waals surface area contributed by atoms with Crippen LogP contribution in [0.3, 0.4) is 0 Å². The normalized spacial score (nSPS) is 10.6. The van der Waals surface area contributed by atoms with E-state index in [9.17, 15) is 0 Å². The van der Waals surface area contributed by atoms with Gasteiger partial charge in [0.2, 0.25) is 0 Å². The highest BCUT2D eigenvalue weighted by molar-refractivity contribution is 7.09. The highest BCUT2D eigenvalue weighted by Crippen LogP contribution is 2.29. The van der Waals surface area contributed by atoms with E-state index in [4.69, 9.17) is 10.4 Å². The number of hydrogen-bond donors (Lipinski definition) is 0. The van der Waals surface area contributed by atoms with E-state index in [1.807, 2.05) is 26.0 Å². The summed E-state index contributed by atoms with van der Waals surface area (Å²) in [4.78, 5) is 1.30. The van der Waals surface area contributed by atoms with Gasteiger partial charge in [-0.1, -0.05) is 12.1 Å². The van der Waals surface area contributed by atoms with Crippen molar-refractivity contribution in [1.82, 2.24) is 9.78 Å². The zero-order valence-electron chi connectivity index (χ0n) is 12.9. The first-order chi connectivity index (χ1) is 10.6. The van der Waals surface area contributed by atoms with Crippen LogP contribution < -0.4 is 0 Å². The maximum absolute atomic E-state index is 9.07. The summed E-state index contributed by atoms with van der Waals surface area (Å²) < 4.78 is 2.06. The highest BCUT2D eigenvalue weighted by Gasteiger charge is 2.14. The van der Waals surface area contributed by atoms with E-state index in [0.717, 1.165) is 34.6 Å². The third-order valence-corrected chi connectivity index (χ3v) is 4.76. The van der Waals surface area contributed by atoms with Crippen LogP contribution in [0.25, 0.3) is 11.1 Å². The summed E-state index contributed by atoms with van der Waals surface area (Å²) in [6.07, 6.45) is 0. The Morgan fingerprint density at radius 1 is 1.23 bits per heavy atom. The van der Waals surface area contributed by atoms with Crippen molar-refractivity contribution in [3.05, 3.63) is 63.1 Å². The van der Waals surface area contributed by atoms with E-state index < -0.39 is 0 Å². The van der Waals surface area contributed by atoms with E-state index in [2.05, 4.69) is 41.3 Å². The summed E-state index contributed by atoms with van der Waals surface area (Å²) in [5, 5.41) is 15.9. The molecule has 0 spiro atoms. The fourth-order valence-electron chi connectivity index (χ4n) is 2.76. The van der Waals surface area contributed by atoms with Crippen LogP contribution in [0.5, 0.6) is 0 Å². The molecule has 0 fully saturated rings. The molecule has 2 aromatic heterocycles. The second-order valence-corrected chi connectivity index (χ2v) is 6.46. The van der Waals surface area contributed by atoms with Crippen LogP contribution in [-0.4, -0.2) is 9.78 Å². The third-order valence-electron chi connectivity index (χ3n) is 3.90. The van der Waals surface area contributed by atoms with E-state index in [-0.39, 0.29) is 0 Å². The molecule has 3 rings (SSSR count). The van der Waals surface area contributed by atoms with Gasteiger partial charge >= 0.3 is 0 Å². The van der Waals surface area contributed by atoms with Crippen molar-refractivity contribution in [1.29, 1.82) is 5.26 Å². The Morgan fingerprint density at radius 3 is 2.68 bits per heavy atom. The zero-order valence-corrected chi connectivity index (χ0v) is 13.7. The van der Waals surface area contributed by atoms with Gasteiger partial charge in [-0.15, -0.1) is 11.3 Å². The fourth-order valence-corrected chi connectivity index (χ4v) is 3.45. The van der Waals surface area contributed by atoms with E-state index >= 15 is 0 Å². The largest absolute Gasteiger partial charge is 0.264 e. The molecule has 0 saturated carbocycles. The molecule has 0 unspecified atom stereocenters. The second-order valence-electron chi connectivity index (χ2n) is 5.42. The fraction of sp³-hybridized carbons (Fsp3) is 0.222. The molecule has 0 aliphatic carbocycles. The lowest BCUT2D eigenvalue weighted by Crippen LogP contribution is -2.02. The molecule has 110 valence electrons. The first-order valence-corrected chi connectivity index (χ1v) is 8.05. The Kier molecular flexibility index (Phi) is 3.82. The summed E-state index contributed by atoms with van der Waals surface area (Å²) in [5.41, 5.74) is 6.22. The van der Waals surface area contributed by atoms with Gasteiger partial charge in [-0.3, -0.25) is 4.68 Å². The van der Waals surface area contributed by atoms with Crippen LogP contribution in [0.2, 0.25) is 0 Å². The standard InChI is InChI=1S/C18H17N3S/c1-12-9-15(6-7-16(12)10-19)18-13(2)20-21(14(18)3)11-17-5-4-8-22-17/h4-9H,11H2,1-3H3. The minimum atomic E-state index is 0.727. The van der Waals surface area contributed by atoms with Gasteiger partial charge in [0, 0.05) is 16.1 Å². The molecule has 22 heavy (non-hydrogen) atoms. The van der Waals surface area contributed by atoms with Gasteiger partial charge in [0.25, 0.3) is 0 Å². The molecule has 4 heteroatoms. The monoisotopic (exact) mass is 307 g/mol. The van der Waals surface area contributed by atoms with Crippen LogP contribution in [-0.2, 0) is 6.54 Å². The molecular weight excluding hydrogens is 290 g/mol. The molecule has 0 saturated heterocycles. The second kappa shape index (κ2) is 5.78. The van der Waals surface area contributed by atoms with Crippen molar-refractivity contribution in [2.75, 3.05) is 0 Å². The smallest absolute Gasteiger partial charge is 0.0994 e. The number of rotatable bonds is 3. The van der Waals surface area contributed by atoms with Gasteiger partial charge in [-0.2, -0.15) is 10.4 Å². The first-order valence-electron chi connectivity index (χ1n) is 7.17. The number of aromatic nitrogens is 2. The first kappa shape index (κ1) is 14.6. The molecule has 3 nitrogen and oxygen atoms in total.